The molecule has 0 bridgehead atoms. The number of anilines is 1. The van der Waals surface area contributed by atoms with Gasteiger partial charge in [-0.15, -0.1) is 6.58 Å². The molecule has 2 N–H and O–H groups in total. The van der Waals surface area contributed by atoms with Gasteiger partial charge in [0.25, 0.3) is 5.91 Å². The summed E-state index contributed by atoms with van der Waals surface area (Å²) < 4.78 is 5.50. The molecule has 0 spiro atoms. The van der Waals surface area contributed by atoms with Gasteiger partial charge in [-0.25, -0.2) is 0 Å². The molecule has 2 rings (SSSR count). The van der Waals surface area contributed by atoms with Crippen LogP contribution in [0.25, 0.3) is 0 Å². The Balaban J connectivity index is 2.01. The minimum absolute atomic E-state index is 0.00594. The Morgan fingerprint density at radius 2 is 2.28 bits per heavy atom. The van der Waals surface area contributed by atoms with Gasteiger partial charge in [-0.2, -0.15) is 0 Å². The topological polar surface area (TPSA) is 67.4 Å². The number of carbonyl (C=O) groups excluding carboxylic acids is 2. The van der Waals surface area contributed by atoms with Gasteiger partial charge in [0, 0.05) is 6.54 Å². The highest BCUT2D eigenvalue weighted by molar-refractivity contribution is 5.99. The van der Waals surface area contributed by atoms with Gasteiger partial charge in [0.2, 0.25) is 5.91 Å². The van der Waals surface area contributed by atoms with E-state index in [9.17, 15) is 9.59 Å². The predicted octanol–water partition coefficient (Wildman–Crippen LogP) is 1.08. The van der Waals surface area contributed by atoms with Gasteiger partial charge in [-0.3, -0.25) is 9.59 Å². The molecule has 18 heavy (non-hydrogen) atoms. The molecule has 5 heteroatoms. The Morgan fingerprint density at radius 3 is 3.06 bits per heavy atom. The Hall–Kier alpha value is -2.30. The summed E-state index contributed by atoms with van der Waals surface area (Å²) in [6, 6.07) is 7.12. The van der Waals surface area contributed by atoms with Crippen LogP contribution in [0.3, 0.4) is 0 Å². The lowest BCUT2D eigenvalue weighted by molar-refractivity contribution is -0.130. The number of hydrogen-bond acceptors (Lipinski definition) is 3. The van der Waals surface area contributed by atoms with Gasteiger partial charge in [0.1, 0.15) is 5.75 Å². The summed E-state index contributed by atoms with van der Waals surface area (Å²) in [7, 11) is 0. The second kappa shape index (κ2) is 5.35. The van der Waals surface area contributed by atoms with Gasteiger partial charge in [0.15, 0.2) is 6.10 Å². The molecule has 0 aliphatic carbocycles. The summed E-state index contributed by atoms with van der Waals surface area (Å²) in [6.45, 7) is 3.88. The van der Waals surface area contributed by atoms with Crippen LogP contribution in [-0.4, -0.2) is 24.5 Å². The zero-order chi connectivity index (χ0) is 13.0. The molecule has 0 fully saturated rings. The van der Waals surface area contributed by atoms with Crippen molar-refractivity contribution in [1.82, 2.24) is 5.32 Å². The Kier molecular flexibility index (Phi) is 3.62. The van der Waals surface area contributed by atoms with E-state index in [0.29, 0.717) is 18.0 Å². The van der Waals surface area contributed by atoms with Crippen molar-refractivity contribution in [1.29, 1.82) is 0 Å². The fourth-order valence-corrected chi connectivity index (χ4v) is 1.65. The molecule has 0 radical (unpaired) electrons. The molecule has 1 atom stereocenters. The maximum Gasteiger partial charge on any atom is 0.266 e. The van der Waals surface area contributed by atoms with Crippen molar-refractivity contribution in [2.24, 2.45) is 0 Å². The molecule has 0 aromatic heterocycles. The number of hydrogen-bond donors (Lipinski definition) is 2. The van der Waals surface area contributed by atoms with Crippen LogP contribution in [0.2, 0.25) is 0 Å². The van der Waals surface area contributed by atoms with E-state index in [0.717, 1.165) is 0 Å². The van der Waals surface area contributed by atoms with Crippen molar-refractivity contribution in [3.05, 3.63) is 36.9 Å². The third-order valence-electron chi connectivity index (χ3n) is 2.52. The molecule has 1 heterocycles. The summed E-state index contributed by atoms with van der Waals surface area (Å²) in [5.74, 6) is 0.0375. The van der Waals surface area contributed by atoms with Crippen molar-refractivity contribution < 1.29 is 14.3 Å². The first-order valence-corrected chi connectivity index (χ1v) is 5.65. The van der Waals surface area contributed by atoms with Crippen LogP contribution < -0.4 is 15.4 Å². The third-order valence-corrected chi connectivity index (χ3v) is 2.52. The minimum Gasteiger partial charge on any atom is -0.478 e. The van der Waals surface area contributed by atoms with Crippen LogP contribution >= 0.6 is 0 Å². The highest BCUT2D eigenvalue weighted by atomic mass is 16.5. The van der Waals surface area contributed by atoms with Crippen molar-refractivity contribution in [3.63, 3.8) is 0 Å². The number of benzene rings is 1. The van der Waals surface area contributed by atoms with Crippen molar-refractivity contribution in [2.45, 2.75) is 12.5 Å². The predicted molar refractivity (Wildman–Crippen MR) is 67.3 cm³/mol. The molecular formula is C13H14N2O3. The second-order valence-corrected chi connectivity index (χ2v) is 3.89. The van der Waals surface area contributed by atoms with E-state index < -0.39 is 6.10 Å². The molecule has 5 nitrogen and oxygen atoms in total. The van der Waals surface area contributed by atoms with Crippen molar-refractivity contribution >= 4 is 17.5 Å². The lowest BCUT2D eigenvalue weighted by atomic mass is 10.1. The van der Waals surface area contributed by atoms with E-state index in [2.05, 4.69) is 17.2 Å². The Bertz CT molecular complexity index is 485. The first-order chi connectivity index (χ1) is 8.70. The van der Waals surface area contributed by atoms with Crippen LogP contribution in [0.4, 0.5) is 5.69 Å². The van der Waals surface area contributed by atoms with Crippen molar-refractivity contribution in [3.8, 4) is 5.75 Å². The van der Waals surface area contributed by atoms with Crippen LogP contribution in [0.5, 0.6) is 5.75 Å². The van der Waals surface area contributed by atoms with Crippen LogP contribution in [0.1, 0.15) is 6.42 Å². The summed E-state index contributed by atoms with van der Waals surface area (Å²) >= 11 is 0. The van der Waals surface area contributed by atoms with Crippen LogP contribution in [0, 0.1) is 0 Å². The summed E-state index contributed by atoms with van der Waals surface area (Å²) in [6.07, 6.45) is 0.785. The number of para-hydroxylation sites is 2. The fourth-order valence-electron chi connectivity index (χ4n) is 1.65. The standard InChI is InChI=1S/C13H14N2O3/c1-2-7-14-12(16)8-11-13(17)15-9-5-3-4-6-10(9)18-11/h2-6,11H,1,7-8H2,(H,14,16)(H,15,17)/t11-/m0/s1. The molecule has 0 saturated heterocycles. The maximum absolute atomic E-state index is 11.7. The number of rotatable bonds is 4. The molecule has 1 aromatic rings. The zero-order valence-electron chi connectivity index (χ0n) is 9.81. The Morgan fingerprint density at radius 1 is 1.50 bits per heavy atom. The monoisotopic (exact) mass is 246 g/mol. The zero-order valence-corrected chi connectivity index (χ0v) is 9.81. The molecule has 0 unspecified atom stereocenters. The second-order valence-electron chi connectivity index (χ2n) is 3.89. The Labute approximate surface area is 105 Å². The smallest absolute Gasteiger partial charge is 0.266 e. The summed E-state index contributed by atoms with van der Waals surface area (Å²) in [4.78, 5) is 23.2. The number of amides is 2. The quantitative estimate of drug-likeness (QED) is 0.781. The molecular weight excluding hydrogens is 232 g/mol. The summed E-state index contributed by atoms with van der Waals surface area (Å²) in [5.41, 5.74) is 0.630. The molecule has 1 aliphatic rings. The first-order valence-electron chi connectivity index (χ1n) is 5.65. The number of ether oxygens (including phenoxy) is 1. The molecule has 1 aromatic carbocycles. The van der Waals surface area contributed by atoms with E-state index in [1.165, 1.54) is 0 Å². The average molecular weight is 246 g/mol. The van der Waals surface area contributed by atoms with E-state index in [1.54, 1.807) is 24.3 Å². The van der Waals surface area contributed by atoms with E-state index in [-0.39, 0.29) is 18.2 Å². The maximum atomic E-state index is 11.7. The largest absolute Gasteiger partial charge is 0.478 e. The number of fused-ring (bicyclic) bond motifs is 1. The number of nitrogens with one attached hydrogen (secondary N) is 2. The normalized spacial score (nSPS) is 17.1. The van der Waals surface area contributed by atoms with Crippen LogP contribution in [0.15, 0.2) is 36.9 Å². The van der Waals surface area contributed by atoms with Gasteiger partial charge in [-0.1, -0.05) is 18.2 Å². The van der Waals surface area contributed by atoms with Gasteiger partial charge < -0.3 is 15.4 Å². The highest BCUT2D eigenvalue weighted by Crippen LogP contribution is 2.29. The molecule has 94 valence electrons. The first kappa shape index (κ1) is 12.2. The lowest BCUT2D eigenvalue weighted by Crippen LogP contribution is -2.41. The van der Waals surface area contributed by atoms with E-state index >= 15 is 0 Å². The molecule has 1 aliphatic heterocycles. The van der Waals surface area contributed by atoms with Gasteiger partial charge in [0.05, 0.1) is 12.1 Å². The third kappa shape index (κ3) is 2.68. The van der Waals surface area contributed by atoms with Crippen LogP contribution in [-0.2, 0) is 9.59 Å². The highest BCUT2D eigenvalue weighted by Gasteiger charge is 2.29. The average Bonchev–Trinajstić information content (AvgIpc) is 2.37. The molecule has 2 amide bonds. The number of carbonyl (C=O) groups is 2. The summed E-state index contributed by atoms with van der Waals surface area (Å²) in [5, 5.41) is 5.31. The van der Waals surface area contributed by atoms with Crippen molar-refractivity contribution in [2.75, 3.05) is 11.9 Å². The van der Waals surface area contributed by atoms with E-state index in [4.69, 9.17) is 4.74 Å². The fraction of sp³-hybridized carbons (Fsp3) is 0.231. The SMILES string of the molecule is C=CCNC(=O)C[C@@H]1Oc2ccccc2NC1=O. The lowest BCUT2D eigenvalue weighted by Gasteiger charge is -2.25. The minimum atomic E-state index is -0.787. The van der Waals surface area contributed by atoms with Gasteiger partial charge >= 0.3 is 0 Å². The van der Waals surface area contributed by atoms with E-state index in [1.807, 2.05) is 6.07 Å². The van der Waals surface area contributed by atoms with Gasteiger partial charge in [-0.05, 0) is 12.1 Å². The molecule has 0 saturated carbocycles.